The highest BCUT2D eigenvalue weighted by atomic mass is 16.5. The molecule has 8 nitrogen and oxygen atoms in total. The first kappa shape index (κ1) is 22.6. The van der Waals surface area contributed by atoms with Crippen molar-refractivity contribution in [3.63, 3.8) is 0 Å². The third-order valence-corrected chi connectivity index (χ3v) is 4.18. The predicted molar refractivity (Wildman–Crippen MR) is 115 cm³/mol. The molecule has 0 unspecified atom stereocenters. The van der Waals surface area contributed by atoms with Gasteiger partial charge in [-0.05, 0) is 44.5 Å². The number of anilines is 1. The van der Waals surface area contributed by atoms with Gasteiger partial charge < -0.3 is 15.4 Å². The standard InChI is InChI=1S/C22H26N4O4/c1-4-16(3)24-21(28)22(29)26-23-13-17-7-5-6-8-19(17)30-14-20(27)25-18-11-9-15(2)10-12-18/h5-13,16H,4,14H2,1-3H3,(H,24,28)(H,25,27)(H,26,29)/b23-13-/t16-/m0/s1. The normalized spacial score (nSPS) is 11.6. The Balaban J connectivity index is 1.89. The van der Waals surface area contributed by atoms with E-state index in [2.05, 4.69) is 21.2 Å². The molecule has 0 bridgehead atoms. The lowest BCUT2D eigenvalue weighted by molar-refractivity contribution is -0.139. The van der Waals surface area contributed by atoms with Crippen LogP contribution in [0.1, 0.15) is 31.4 Å². The molecule has 158 valence electrons. The van der Waals surface area contributed by atoms with Gasteiger partial charge in [-0.3, -0.25) is 14.4 Å². The third-order valence-electron chi connectivity index (χ3n) is 4.18. The molecule has 2 rings (SSSR count). The number of hydrazone groups is 1. The van der Waals surface area contributed by atoms with Crippen LogP contribution in [-0.4, -0.2) is 36.6 Å². The monoisotopic (exact) mass is 410 g/mol. The molecule has 0 fully saturated rings. The highest BCUT2D eigenvalue weighted by molar-refractivity contribution is 6.35. The second-order valence-corrected chi connectivity index (χ2v) is 6.72. The molecular weight excluding hydrogens is 384 g/mol. The van der Waals surface area contributed by atoms with Gasteiger partial charge in [0.1, 0.15) is 5.75 Å². The summed E-state index contributed by atoms with van der Waals surface area (Å²) in [4.78, 5) is 35.6. The summed E-state index contributed by atoms with van der Waals surface area (Å²) in [6.45, 7) is 5.48. The Morgan fingerprint density at radius 1 is 1.07 bits per heavy atom. The minimum absolute atomic E-state index is 0.104. The molecule has 1 atom stereocenters. The van der Waals surface area contributed by atoms with Crippen LogP contribution in [0.4, 0.5) is 5.69 Å². The number of hydrogen-bond acceptors (Lipinski definition) is 5. The Morgan fingerprint density at radius 2 is 1.77 bits per heavy atom. The lowest BCUT2D eigenvalue weighted by Gasteiger charge is -2.10. The van der Waals surface area contributed by atoms with Crippen LogP contribution >= 0.6 is 0 Å². The molecule has 0 aromatic heterocycles. The van der Waals surface area contributed by atoms with E-state index in [0.29, 0.717) is 23.4 Å². The number of nitrogens with one attached hydrogen (secondary N) is 3. The second-order valence-electron chi connectivity index (χ2n) is 6.72. The van der Waals surface area contributed by atoms with E-state index in [9.17, 15) is 14.4 Å². The Morgan fingerprint density at radius 3 is 2.47 bits per heavy atom. The molecule has 0 saturated carbocycles. The van der Waals surface area contributed by atoms with Gasteiger partial charge in [-0.1, -0.05) is 36.8 Å². The van der Waals surface area contributed by atoms with Gasteiger partial charge in [0.2, 0.25) is 0 Å². The van der Waals surface area contributed by atoms with Crippen LogP contribution in [0.15, 0.2) is 53.6 Å². The van der Waals surface area contributed by atoms with Gasteiger partial charge in [0.25, 0.3) is 5.91 Å². The van der Waals surface area contributed by atoms with Crippen LogP contribution in [-0.2, 0) is 14.4 Å². The van der Waals surface area contributed by atoms with Gasteiger partial charge in [-0.25, -0.2) is 5.43 Å². The fraction of sp³-hybridized carbons (Fsp3) is 0.273. The maximum absolute atomic E-state index is 12.1. The van der Waals surface area contributed by atoms with E-state index in [-0.39, 0.29) is 18.6 Å². The summed E-state index contributed by atoms with van der Waals surface area (Å²) < 4.78 is 5.57. The quantitative estimate of drug-likeness (QED) is 0.353. The zero-order valence-electron chi connectivity index (χ0n) is 17.3. The molecule has 2 aromatic carbocycles. The zero-order valence-corrected chi connectivity index (χ0v) is 17.3. The fourth-order valence-electron chi connectivity index (χ4n) is 2.30. The number of carbonyl (C=O) groups is 3. The molecule has 0 aliphatic carbocycles. The minimum Gasteiger partial charge on any atom is -0.483 e. The lowest BCUT2D eigenvalue weighted by Crippen LogP contribution is -2.41. The molecule has 3 amide bonds. The number of para-hydroxylation sites is 1. The maximum Gasteiger partial charge on any atom is 0.329 e. The number of rotatable bonds is 8. The van der Waals surface area contributed by atoms with Gasteiger partial charge >= 0.3 is 11.8 Å². The van der Waals surface area contributed by atoms with Gasteiger partial charge in [0.05, 0.1) is 6.21 Å². The van der Waals surface area contributed by atoms with Crippen molar-refractivity contribution in [3.05, 3.63) is 59.7 Å². The number of carbonyl (C=O) groups excluding carboxylic acids is 3. The number of benzene rings is 2. The summed E-state index contributed by atoms with van der Waals surface area (Å²) in [5, 5.41) is 9.10. The largest absolute Gasteiger partial charge is 0.483 e. The number of nitrogens with zero attached hydrogens (tertiary/aromatic N) is 1. The number of amides is 3. The molecule has 8 heteroatoms. The molecule has 3 N–H and O–H groups in total. The second kappa shape index (κ2) is 11.4. The average Bonchev–Trinajstić information content (AvgIpc) is 2.74. The van der Waals surface area contributed by atoms with Crippen molar-refractivity contribution in [2.45, 2.75) is 33.2 Å². The number of hydrogen-bond donors (Lipinski definition) is 3. The van der Waals surface area contributed by atoms with Crippen LogP contribution in [0.3, 0.4) is 0 Å². The van der Waals surface area contributed by atoms with Gasteiger partial charge in [-0.2, -0.15) is 5.10 Å². The summed E-state index contributed by atoms with van der Waals surface area (Å²) in [6, 6.07) is 14.2. The van der Waals surface area contributed by atoms with Gasteiger partial charge in [0.15, 0.2) is 6.61 Å². The highest BCUT2D eigenvalue weighted by Crippen LogP contribution is 2.16. The summed E-state index contributed by atoms with van der Waals surface area (Å²) in [5.74, 6) is -1.50. The van der Waals surface area contributed by atoms with Crippen LogP contribution in [0.2, 0.25) is 0 Å². The van der Waals surface area contributed by atoms with E-state index in [1.165, 1.54) is 6.21 Å². The molecule has 0 aliphatic rings. The fourth-order valence-corrected chi connectivity index (χ4v) is 2.30. The van der Waals surface area contributed by atoms with Crippen LogP contribution in [0, 0.1) is 6.92 Å². The average molecular weight is 410 g/mol. The molecule has 2 aromatic rings. The van der Waals surface area contributed by atoms with Crippen molar-refractivity contribution in [3.8, 4) is 5.75 Å². The van der Waals surface area contributed by atoms with Crippen molar-refractivity contribution in [1.82, 2.24) is 10.7 Å². The summed E-state index contributed by atoms with van der Waals surface area (Å²) in [7, 11) is 0. The smallest absolute Gasteiger partial charge is 0.329 e. The van der Waals surface area contributed by atoms with Crippen molar-refractivity contribution < 1.29 is 19.1 Å². The first-order valence-electron chi connectivity index (χ1n) is 9.61. The number of aryl methyl sites for hydroxylation is 1. The molecule has 0 spiro atoms. The van der Waals surface area contributed by atoms with Crippen LogP contribution in [0.25, 0.3) is 0 Å². The SMILES string of the molecule is CC[C@H](C)NC(=O)C(=O)N/N=C\c1ccccc1OCC(=O)Nc1ccc(C)cc1. The van der Waals surface area contributed by atoms with Crippen molar-refractivity contribution in [2.24, 2.45) is 5.10 Å². The summed E-state index contributed by atoms with van der Waals surface area (Å²) >= 11 is 0. The lowest BCUT2D eigenvalue weighted by atomic mass is 10.2. The first-order chi connectivity index (χ1) is 14.4. The zero-order chi connectivity index (χ0) is 21.9. The van der Waals surface area contributed by atoms with E-state index < -0.39 is 11.8 Å². The van der Waals surface area contributed by atoms with Crippen molar-refractivity contribution in [2.75, 3.05) is 11.9 Å². The van der Waals surface area contributed by atoms with E-state index in [1.54, 1.807) is 31.2 Å². The van der Waals surface area contributed by atoms with Crippen LogP contribution < -0.4 is 20.8 Å². The first-order valence-corrected chi connectivity index (χ1v) is 9.61. The maximum atomic E-state index is 12.1. The van der Waals surface area contributed by atoms with Crippen molar-refractivity contribution in [1.29, 1.82) is 0 Å². The molecule has 0 radical (unpaired) electrons. The van der Waals surface area contributed by atoms with E-state index in [0.717, 1.165) is 5.56 Å². The number of ether oxygens (including phenoxy) is 1. The Bertz CT molecular complexity index is 910. The molecule has 0 saturated heterocycles. The summed E-state index contributed by atoms with van der Waals surface area (Å²) in [6.07, 6.45) is 2.06. The molecule has 30 heavy (non-hydrogen) atoms. The predicted octanol–water partition coefficient (Wildman–Crippen LogP) is 2.38. The minimum atomic E-state index is -0.859. The topological polar surface area (TPSA) is 109 Å². The van der Waals surface area contributed by atoms with E-state index in [1.807, 2.05) is 38.1 Å². The molecular formula is C22H26N4O4. The Hall–Kier alpha value is -3.68. The van der Waals surface area contributed by atoms with E-state index in [4.69, 9.17) is 4.74 Å². The highest BCUT2D eigenvalue weighted by Gasteiger charge is 2.14. The molecule has 0 aliphatic heterocycles. The third kappa shape index (κ3) is 7.38. The molecule has 0 heterocycles. The van der Waals surface area contributed by atoms with Crippen LogP contribution in [0.5, 0.6) is 5.75 Å². The Kier molecular flexibility index (Phi) is 8.56. The van der Waals surface area contributed by atoms with Gasteiger partial charge in [-0.15, -0.1) is 0 Å². The summed E-state index contributed by atoms with van der Waals surface area (Å²) in [5.41, 5.74) is 4.50. The van der Waals surface area contributed by atoms with Gasteiger partial charge in [0, 0.05) is 17.3 Å². The van der Waals surface area contributed by atoms with E-state index >= 15 is 0 Å². The van der Waals surface area contributed by atoms with Crippen molar-refractivity contribution >= 4 is 29.6 Å². The Labute approximate surface area is 175 Å².